The Hall–Kier alpha value is -4.19. The van der Waals surface area contributed by atoms with Crippen LogP contribution in [0.4, 0.5) is 13.2 Å². The predicted molar refractivity (Wildman–Crippen MR) is 140 cm³/mol. The molecule has 1 fully saturated rings. The van der Waals surface area contributed by atoms with Gasteiger partial charge in [-0.15, -0.1) is 0 Å². The second kappa shape index (κ2) is 11.1. The Morgan fingerprint density at radius 1 is 1.15 bits per heavy atom. The van der Waals surface area contributed by atoms with E-state index in [0.29, 0.717) is 40.1 Å². The van der Waals surface area contributed by atoms with E-state index >= 15 is 0 Å². The fourth-order valence-electron chi connectivity index (χ4n) is 5.01. The largest absolute Gasteiger partial charge is 0.417 e. The summed E-state index contributed by atoms with van der Waals surface area (Å²) in [7, 11) is 1.40. The minimum absolute atomic E-state index is 0.0542. The van der Waals surface area contributed by atoms with Crippen LogP contribution >= 0.6 is 11.6 Å². The van der Waals surface area contributed by atoms with Gasteiger partial charge >= 0.3 is 6.61 Å². The number of ether oxygens (including phenoxy) is 1. The Labute approximate surface area is 231 Å². The van der Waals surface area contributed by atoms with E-state index in [9.17, 15) is 22.8 Å². The van der Waals surface area contributed by atoms with Crippen molar-refractivity contribution in [3.63, 3.8) is 0 Å². The van der Waals surface area contributed by atoms with Gasteiger partial charge in [0.15, 0.2) is 5.69 Å². The van der Waals surface area contributed by atoms with Crippen molar-refractivity contribution in [2.24, 2.45) is 7.05 Å². The van der Waals surface area contributed by atoms with Crippen LogP contribution < -0.4 is 10.1 Å². The molecule has 13 heteroatoms. The molecular weight excluding hydrogens is 549 g/mol. The maximum Gasteiger partial charge on any atom is 0.388 e. The average molecular weight is 573 g/mol. The molecule has 0 spiro atoms. The summed E-state index contributed by atoms with van der Waals surface area (Å²) in [5.74, 6) is -1.89. The number of carbonyl (C=O) groups excluding carboxylic acids is 2. The van der Waals surface area contributed by atoms with Gasteiger partial charge < -0.3 is 15.0 Å². The monoisotopic (exact) mass is 572 g/mol. The fraction of sp³-hybridized carbons (Fsp3) is 0.296. The number of nitrogens with zero attached hydrogens (tertiary/aromatic N) is 5. The minimum atomic E-state index is -3.07. The van der Waals surface area contributed by atoms with Crippen LogP contribution in [0.1, 0.15) is 44.3 Å². The van der Waals surface area contributed by atoms with Crippen molar-refractivity contribution in [2.75, 3.05) is 13.1 Å². The summed E-state index contributed by atoms with van der Waals surface area (Å²) in [5.41, 5.74) is 2.14. The number of aromatic nitrogens is 4. The molecule has 9 nitrogen and oxygen atoms in total. The molecule has 1 N–H and O–H groups in total. The van der Waals surface area contributed by atoms with Crippen LogP contribution in [0.5, 0.6) is 5.88 Å². The summed E-state index contributed by atoms with van der Waals surface area (Å²) in [6.07, 6.45) is 3.39. The Morgan fingerprint density at radius 3 is 2.60 bits per heavy atom. The number of amides is 2. The molecular formula is C27H24ClF3N6O3. The molecule has 0 bridgehead atoms. The van der Waals surface area contributed by atoms with Crippen LogP contribution in [0.25, 0.3) is 11.0 Å². The summed E-state index contributed by atoms with van der Waals surface area (Å²) < 4.78 is 44.9. The Balaban J connectivity index is 1.40. The van der Waals surface area contributed by atoms with E-state index in [2.05, 4.69) is 25.1 Å². The van der Waals surface area contributed by atoms with Gasteiger partial charge in [-0.05, 0) is 43.2 Å². The third-order valence-electron chi connectivity index (χ3n) is 6.92. The number of likely N-dealkylation sites (tertiary alicyclic amines) is 1. The van der Waals surface area contributed by atoms with Crippen molar-refractivity contribution in [1.82, 2.24) is 30.0 Å². The van der Waals surface area contributed by atoms with E-state index in [4.69, 9.17) is 11.6 Å². The van der Waals surface area contributed by atoms with Crippen molar-refractivity contribution in [3.05, 3.63) is 82.0 Å². The maximum atomic E-state index is 13.7. The van der Waals surface area contributed by atoms with Crippen LogP contribution in [0.2, 0.25) is 5.02 Å². The number of piperidine rings is 1. The lowest BCUT2D eigenvalue weighted by Gasteiger charge is -2.39. The molecule has 1 saturated heterocycles. The number of aryl methyl sites for hydroxylation is 1. The van der Waals surface area contributed by atoms with Crippen LogP contribution in [-0.4, -0.2) is 62.2 Å². The molecule has 1 aliphatic heterocycles. The van der Waals surface area contributed by atoms with Crippen LogP contribution in [0, 0.1) is 12.7 Å². The number of hydrogen-bond acceptors (Lipinski definition) is 6. The molecule has 4 aromatic rings. The first-order valence-corrected chi connectivity index (χ1v) is 12.7. The third kappa shape index (κ3) is 5.44. The number of alkyl halides is 2. The zero-order chi connectivity index (χ0) is 28.6. The van der Waals surface area contributed by atoms with Gasteiger partial charge in [0, 0.05) is 55.6 Å². The fourth-order valence-corrected chi connectivity index (χ4v) is 5.27. The summed E-state index contributed by atoms with van der Waals surface area (Å²) in [4.78, 5) is 36.8. The Bertz CT molecular complexity index is 1580. The van der Waals surface area contributed by atoms with Crippen LogP contribution in [0.3, 0.4) is 0 Å². The summed E-state index contributed by atoms with van der Waals surface area (Å²) >= 11 is 6.36. The average Bonchev–Trinajstić information content (AvgIpc) is 3.21. The van der Waals surface area contributed by atoms with Gasteiger partial charge in [-0.1, -0.05) is 23.7 Å². The lowest BCUT2D eigenvalue weighted by Crippen LogP contribution is -2.51. The number of carbonyl (C=O) groups is 2. The highest BCUT2D eigenvalue weighted by Gasteiger charge is 2.35. The number of halogens is 4. The van der Waals surface area contributed by atoms with Crippen molar-refractivity contribution in [3.8, 4) is 5.88 Å². The Kier molecular flexibility index (Phi) is 7.61. The normalized spacial score (nSPS) is 17.3. The summed E-state index contributed by atoms with van der Waals surface area (Å²) in [6, 6.07) is 8.55. The van der Waals surface area contributed by atoms with Gasteiger partial charge in [0.2, 0.25) is 5.88 Å². The quantitative estimate of drug-likeness (QED) is 0.365. The smallest absolute Gasteiger partial charge is 0.388 e. The molecule has 5 rings (SSSR count). The topological polar surface area (TPSA) is 102 Å². The van der Waals surface area contributed by atoms with Crippen molar-refractivity contribution in [1.29, 1.82) is 0 Å². The molecule has 0 radical (unpaired) electrons. The van der Waals surface area contributed by atoms with Crippen molar-refractivity contribution >= 4 is 34.4 Å². The molecule has 2 aromatic carbocycles. The van der Waals surface area contributed by atoms with Gasteiger partial charge in [-0.3, -0.25) is 19.6 Å². The number of benzene rings is 2. The molecule has 2 atom stereocenters. The molecule has 3 heterocycles. The highest BCUT2D eigenvalue weighted by atomic mass is 35.5. The molecule has 0 saturated carbocycles. The highest BCUT2D eigenvalue weighted by molar-refractivity contribution is 6.35. The number of rotatable bonds is 6. The van der Waals surface area contributed by atoms with E-state index in [-0.39, 0.29) is 29.6 Å². The highest BCUT2D eigenvalue weighted by Crippen LogP contribution is 2.31. The first-order valence-electron chi connectivity index (χ1n) is 12.4. The molecule has 208 valence electrons. The molecule has 0 unspecified atom stereocenters. The standard InChI is InChI=1S/C27H24ClF3N6O3/c1-14-22(35-36(2)26(14)40-27(30)31)24(38)34-20-7-10-37(13-18(20)15-3-5-17(29)6-4-15)25(39)16-11-19(28)23-21(12-16)32-8-9-33-23/h3-6,8-9,11-12,18,20,27H,7,10,13H2,1-2H3,(H,34,38)/t18-,20-/m1/s1. The van der Waals surface area contributed by atoms with E-state index < -0.39 is 30.3 Å². The SMILES string of the molecule is Cc1c(C(=O)N[C@@H]2CCN(C(=O)c3cc(Cl)c4nccnc4c3)C[C@@H]2c2ccc(F)cc2)nn(C)c1OC(F)F. The second-order valence-electron chi connectivity index (χ2n) is 9.44. The van der Waals surface area contributed by atoms with Crippen LogP contribution in [0.15, 0.2) is 48.8 Å². The number of fused-ring (bicyclic) bond motifs is 1. The molecule has 2 amide bonds. The zero-order valence-electron chi connectivity index (χ0n) is 21.4. The molecule has 2 aromatic heterocycles. The number of hydrogen-bond donors (Lipinski definition) is 1. The lowest BCUT2D eigenvalue weighted by molar-refractivity contribution is -0.0557. The first-order chi connectivity index (χ1) is 19.1. The van der Waals surface area contributed by atoms with Gasteiger partial charge in [0.1, 0.15) is 11.3 Å². The molecule has 0 aliphatic carbocycles. The summed E-state index contributed by atoms with van der Waals surface area (Å²) in [6.45, 7) is -1.08. The van der Waals surface area contributed by atoms with Gasteiger partial charge in [-0.25, -0.2) is 9.07 Å². The lowest BCUT2D eigenvalue weighted by atomic mass is 9.85. The van der Waals surface area contributed by atoms with Crippen molar-refractivity contribution < 1.29 is 27.5 Å². The molecule has 1 aliphatic rings. The van der Waals surface area contributed by atoms with E-state index in [1.54, 1.807) is 29.2 Å². The van der Waals surface area contributed by atoms with Crippen molar-refractivity contribution in [2.45, 2.75) is 31.9 Å². The van der Waals surface area contributed by atoms with Gasteiger partial charge in [0.05, 0.1) is 10.5 Å². The third-order valence-corrected chi connectivity index (χ3v) is 7.21. The second-order valence-corrected chi connectivity index (χ2v) is 9.85. The van der Waals surface area contributed by atoms with E-state index in [1.165, 1.54) is 38.5 Å². The van der Waals surface area contributed by atoms with E-state index in [0.717, 1.165) is 4.68 Å². The minimum Gasteiger partial charge on any atom is -0.417 e. The predicted octanol–water partition coefficient (Wildman–Crippen LogP) is 4.49. The van der Waals surface area contributed by atoms with Gasteiger partial charge in [0.25, 0.3) is 11.8 Å². The maximum absolute atomic E-state index is 13.7. The zero-order valence-corrected chi connectivity index (χ0v) is 22.2. The van der Waals surface area contributed by atoms with Gasteiger partial charge in [-0.2, -0.15) is 13.9 Å². The summed E-state index contributed by atoms with van der Waals surface area (Å²) in [5, 5.41) is 7.30. The number of nitrogens with one attached hydrogen (secondary N) is 1. The molecule has 40 heavy (non-hydrogen) atoms. The first kappa shape index (κ1) is 27.4. The van der Waals surface area contributed by atoms with Crippen LogP contribution in [-0.2, 0) is 7.05 Å². The van der Waals surface area contributed by atoms with E-state index in [1.807, 2.05) is 0 Å². The Morgan fingerprint density at radius 2 is 1.88 bits per heavy atom.